The van der Waals surface area contributed by atoms with E-state index in [1.165, 1.54) is 0 Å². The van der Waals surface area contributed by atoms with Crippen molar-refractivity contribution in [3.8, 4) is 22.8 Å². The van der Waals surface area contributed by atoms with Gasteiger partial charge in [0.15, 0.2) is 0 Å². The molecule has 6 heterocycles. The average Bonchev–Trinajstić information content (AvgIpc) is 3.62. The first kappa shape index (κ1) is 16.6. The third kappa shape index (κ3) is 2.82. The van der Waals surface area contributed by atoms with Crippen molar-refractivity contribution in [1.29, 1.82) is 0 Å². The van der Waals surface area contributed by atoms with Crippen molar-refractivity contribution in [2.24, 2.45) is 9.98 Å². The van der Waals surface area contributed by atoms with E-state index in [2.05, 4.69) is 32.1 Å². The van der Waals surface area contributed by atoms with Crippen molar-refractivity contribution in [3.63, 3.8) is 0 Å². The Hall–Kier alpha value is -4.32. The van der Waals surface area contributed by atoms with Gasteiger partial charge in [0.2, 0.25) is 0 Å². The van der Waals surface area contributed by atoms with E-state index in [9.17, 15) is 0 Å². The van der Waals surface area contributed by atoms with Crippen LogP contribution in [-0.2, 0) is 0 Å². The Morgan fingerprint density at radius 2 is 0.933 bits per heavy atom. The quantitative estimate of drug-likeness (QED) is 0.379. The molecule has 0 aromatic carbocycles. The van der Waals surface area contributed by atoms with Crippen LogP contribution in [0.25, 0.3) is 22.8 Å². The van der Waals surface area contributed by atoms with Gasteiger partial charge in [-0.3, -0.25) is 0 Å². The molecule has 0 amide bonds. The molecule has 0 unspecified atom stereocenters. The van der Waals surface area contributed by atoms with Gasteiger partial charge in [-0.05, 0) is 72.8 Å². The van der Waals surface area contributed by atoms with Crippen LogP contribution in [0.15, 0.2) is 107 Å². The number of H-pyrrole nitrogens is 4. The maximum Gasteiger partial charge on any atom is 0.0895 e. The van der Waals surface area contributed by atoms with Crippen molar-refractivity contribution in [3.05, 3.63) is 108 Å². The second-order valence-electron chi connectivity index (χ2n) is 7.17. The molecular weight excluding hydrogens is 372 g/mol. The van der Waals surface area contributed by atoms with E-state index in [4.69, 9.17) is 9.98 Å². The summed E-state index contributed by atoms with van der Waals surface area (Å²) in [6.07, 6.45) is 11.9. The Labute approximate surface area is 172 Å². The minimum Gasteiger partial charge on any atom is -0.360 e. The third-order valence-electron chi connectivity index (χ3n) is 5.24. The van der Waals surface area contributed by atoms with Crippen LogP contribution in [-0.4, -0.2) is 31.4 Å². The monoisotopic (exact) mass is 390 g/mol. The van der Waals surface area contributed by atoms with Crippen LogP contribution in [0.1, 0.15) is 11.4 Å². The molecule has 0 saturated heterocycles. The minimum atomic E-state index is 0.864. The number of aliphatic imine (C=N–C) groups is 2. The van der Waals surface area contributed by atoms with Gasteiger partial charge >= 0.3 is 0 Å². The Kier molecular flexibility index (Phi) is 3.67. The Bertz CT molecular complexity index is 1260. The van der Waals surface area contributed by atoms with Gasteiger partial charge in [-0.25, -0.2) is 9.98 Å². The third-order valence-corrected chi connectivity index (χ3v) is 5.24. The molecule has 4 N–H and O–H groups in total. The number of hydrogen-bond donors (Lipinski definition) is 4. The highest BCUT2D eigenvalue weighted by atomic mass is 14.9. The fourth-order valence-corrected chi connectivity index (χ4v) is 3.71. The molecule has 2 aliphatic rings. The van der Waals surface area contributed by atoms with Gasteiger partial charge < -0.3 is 19.9 Å². The van der Waals surface area contributed by atoms with Crippen LogP contribution in [0.3, 0.4) is 0 Å². The molecule has 2 aliphatic heterocycles. The second-order valence-corrected chi connectivity index (χ2v) is 7.17. The van der Waals surface area contributed by atoms with Gasteiger partial charge in [-0.1, -0.05) is 0 Å². The summed E-state index contributed by atoms with van der Waals surface area (Å²) >= 11 is 0. The van der Waals surface area contributed by atoms with Crippen molar-refractivity contribution in [2.75, 3.05) is 0 Å². The fourth-order valence-electron chi connectivity index (χ4n) is 3.71. The van der Waals surface area contributed by atoms with E-state index >= 15 is 0 Å². The van der Waals surface area contributed by atoms with Gasteiger partial charge in [0, 0.05) is 12.4 Å². The maximum atomic E-state index is 4.78. The molecule has 6 rings (SSSR count). The summed E-state index contributed by atoms with van der Waals surface area (Å²) < 4.78 is 0. The molecule has 0 saturated carbocycles. The zero-order chi connectivity index (χ0) is 19.9. The SMILES string of the molecule is C1=C/C(=C2/C=CC(c3ccc(-c4ccc[nH]4)[nH]3)=N2)N=C1c1ccc(-c2ccc[nH]2)[nH]1. The van der Waals surface area contributed by atoms with Crippen LogP contribution >= 0.6 is 0 Å². The van der Waals surface area contributed by atoms with E-state index < -0.39 is 0 Å². The summed E-state index contributed by atoms with van der Waals surface area (Å²) in [6, 6.07) is 16.3. The van der Waals surface area contributed by atoms with Gasteiger partial charge in [-0.15, -0.1) is 0 Å². The van der Waals surface area contributed by atoms with Gasteiger partial charge in [0.25, 0.3) is 0 Å². The number of rotatable bonds is 4. The smallest absolute Gasteiger partial charge is 0.0895 e. The molecule has 0 atom stereocenters. The highest BCUT2D eigenvalue weighted by molar-refractivity contribution is 6.12. The lowest BCUT2D eigenvalue weighted by Crippen LogP contribution is -1.94. The highest BCUT2D eigenvalue weighted by Crippen LogP contribution is 2.25. The molecule has 0 fully saturated rings. The molecule has 0 radical (unpaired) electrons. The summed E-state index contributed by atoms with van der Waals surface area (Å²) in [5.41, 5.74) is 9.69. The van der Waals surface area contributed by atoms with Gasteiger partial charge in [-0.2, -0.15) is 0 Å². The predicted octanol–water partition coefficient (Wildman–Crippen LogP) is 4.96. The Morgan fingerprint density at radius 3 is 1.37 bits per heavy atom. The average molecular weight is 390 g/mol. The van der Waals surface area contributed by atoms with Crippen molar-refractivity contribution in [2.45, 2.75) is 0 Å². The first-order valence-electron chi connectivity index (χ1n) is 9.78. The standard InChI is InChI=1S/C24H18N6/c1-3-15(25-13-1)17-5-7-19(27-17)21-9-11-23(29-21)24-12-10-22(30-24)20-8-6-18(28-20)16-4-2-14-26-16/h1-14,25-28H/b24-23+. The number of aromatic nitrogens is 4. The first-order chi connectivity index (χ1) is 14.8. The van der Waals surface area contributed by atoms with E-state index in [1.807, 2.05) is 73.1 Å². The summed E-state index contributed by atoms with van der Waals surface area (Å²) in [5, 5.41) is 0. The number of hydrogen-bond acceptors (Lipinski definition) is 2. The van der Waals surface area contributed by atoms with E-state index in [1.54, 1.807) is 0 Å². The van der Waals surface area contributed by atoms with Gasteiger partial charge in [0.1, 0.15) is 0 Å². The molecule has 0 aliphatic carbocycles. The number of aromatic amines is 4. The lowest BCUT2D eigenvalue weighted by molar-refractivity contribution is 1.28. The topological polar surface area (TPSA) is 87.9 Å². The molecule has 4 aromatic rings. The largest absolute Gasteiger partial charge is 0.360 e. The van der Waals surface area contributed by atoms with Crippen LogP contribution in [0.2, 0.25) is 0 Å². The minimum absolute atomic E-state index is 0.864. The van der Waals surface area contributed by atoms with Crippen LogP contribution in [0, 0.1) is 0 Å². The zero-order valence-electron chi connectivity index (χ0n) is 16.0. The summed E-state index contributed by atoms with van der Waals surface area (Å²) in [4.78, 5) is 22.8. The van der Waals surface area contributed by atoms with Gasteiger partial charge in [0.05, 0.1) is 57.0 Å². The molecule has 4 aromatic heterocycles. The lowest BCUT2D eigenvalue weighted by atomic mass is 10.2. The van der Waals surface area contributed by atoms with E-state index in [0.29, 0.717) is 0 Å². The number of nitrogens with zero attached hydrogens (tertiary/aromatic N) is 2. The van der Waals surface area contributed by atoms with E-state index in [-0.39, 0.29) is 0 Å². The van der Waals surface area contributed by atoms with Crippen molar-refractivity contribution < 1.29 is 0 Å². The maximum absolute atomic E-state index is 4.78. The normalized spacial score (nSPS) is 17.7. The van der Waals surface area contributed by atoms with Crippen molar-refractivity contribution in [1.82, 2.24) is 19.9 Å². The highest BCUT2D eigenvalue weighted by Gasteiger charge is 2.16. The number of allylic oxidation sites excluding steroid dienone is 4. The summed E-state index contributed by atoms with van der Waals surface area (Å²) in [5.74, 6) is 0. The van der Waals surface area contributed by atoms with E-state index in [0.717, 1.165) is 57.0 Å². The number of nitrogens with one attached hydrogen (secondary N) is 4. The lowest BCUT2D eigenvalue weighted by Gasteiger charge is -1.97. The second kappa shape index (κ2) is 6.63. The van der Waals surface area contributed by atoms with Crippen LogP contribution in [0.5, 0.6) is 0 Å². The Morgan fingerprint density at radius 1 is 0.467 bits per heavy atom. The molecular formula is C24H18N6. The zero-order valence-corrected chi connectivity index (χ0v) is 16.0. The molecule has 6 nitrogen and oxygen atoms in total. The molecule has 30 heavy (non-hydrogen) atoms. The Balaban J connectivity index is 1.27. The summed E-state index contributed by atoms with van der Waals surface area (Å²) in [7, 11) is 0. The fraction of sp³-hybridized carbons (Fsp3) is 0. The first-order valence-corrected chi connectivity index (χ1v) is 9.78. The molecule has 144 valence electrons. The van der Waals surface area contributed by atoms with Crippen LogP contribution in [0.4, 0.5) is 0 Å². The molecule has 0 spiro atoms. The van der Waals surface area contributed by atoms with Crippen LogP contribution < -0.4 is 0 Å². The summed E-state index contributed by atoms with van der Waals surface area (Å²) in [6.45, 7) is 0. The molecule has 0 bridgehead atoms. The molecule has 6 heteroatoms. The predicted molar refractivity (Wildman–Crippen MR) is 120 cm³/mol. The van der Waals surface area contributed by atoms with Crippen molar-refractivity contribution >= 4 is 11.4 Å².